The van der Waals surface area contributed by atoms with Crippen LogP contribution in [0.1, 0.15) is 6.92 Å². The third-order valence-electron chi connectivity index (χ3n) is 5.21. The van der Waals surface area contributed by atoms with E-state index in [1.165, 1.54) is 24.3 Å². The smallest absolute Gasteiger partial charge is 0.206 e. The van der Waals surface area contributed by atoms with Gasteiger partial charge in [0.25, 0.3) is 0 Å². The molecule has 0 aromatic heterocycles. The van der Waals surface area contributed by atoms with E-state index in [0.29, 0.717) is 38.0 Å². The summed E-state index contributed by atoms with van der Waals surface area (Å²) in [5.74, 6) is 1.17. The fourth-order valence-electron chi connectivity index (χ4n) is 3.28. The highest BCUT2D eigenvalue weighted by Crippen LogP contribution is 2.37. The first-order valence-corrected chi connectivity index (χ1v) is 13.6. The molecule has 0 unspecified atom stereocenters. The topological polar surface area (TPSA) is 85.3 Å². The average Bonchev–Trinajstić information content (AvgIpc) is 2.82. The number of benzene rings is 2. The van der Waals surface area contributed by atoms with Crippen molar-refractivity contribution in [2.45, 2.75) is 22.8 Å². The second-order valence-corrected chi connectivity index (χ2v) is 11.2. The molecule has 1 N–H and O–H groups in total. The average molecular weight is 553 g/mol. The highest BCUT2D eigenvalue weighted by Gasteiger charge is 2.22. The Morgan fingerprint density at radius 1 is 1.03 bits per heavy atom. The minimum atomic E-state index is -3.87. The molecule has 0 saturated carbocycles. The van der Waals surface area contributed by atoms with Gasteiger partial charge in [0.1, 0.15) is 18.5 Å². The molecule has 0 radical (unpaired) electrons. The number of morpholine rings is 1. The van der Waals surface area contributed by atoms with E-state index in [-0.39, 0.29) is 38.1 Å². The van der Waals surface area contributed by atoms with Crippen molar-refractivity contribution in [1.29, 1.82) is 0 Å². The van der Waals surface area contributed by atoms with E-state index in [9.17, 15) is 13.5 Å². The number of hydrogen-bond acceptors (Lipinski definition) is 7. The van der Waals surface area contributed by atoms with Crippen LogP contribution in [-0.4, -0.2) is 76.5 Å². The summed E-state index contributed by atoms with van der Waals surface area (Å²) in [6, 6.07) is 8.59. The van der Waals surface area contributed by atoms with Crippen molar-refractivity contribution >= 4 is 44.6 Å². The van der Waals surface area contributed by atoms with Crippen LogP contribution in [0, 0.1) is 5.92 Å². The van der Waals surface area contributed by atoms with E-state index < -0.39 is 15.9 Å². The van der Waals surface area contributed by atoms with Crippen LogP contribution in [0.25, 0.3) is 0 Å². The van der Waals surface area contributed by atoms with Gasteiger partial charge in [0.2, 0.25) is 9.84 Å². The maximum Gasteiger partial charge on any atom is 0.206 e. The molecule has 1 aliphatic heterocycles. The number of sulfone groups is 1. The Morgan fingerprint density at radius 2 is 1.65 bits per heavy atom. The molecule has 1 fully saturated rings. The largest absolute Gasteiger partial charge is 0.491 e. The van der Waals surface area contributed by atoms with Crippen LogP contribution < -0.4 is 9.47 Å². The molecule has 3 rings (SSSR count). The van der Waals surface area contributed by atoms with Gasteiger partial charge in [-0.05, 0) is 36.4 Å². The zero-order chi connectivity index (χ0) is 24.7. The number of aliphatic hydroxyl groups excluding tert-OH is 1. The van der Waals surface area contributed by atoms with Crippen molar-refractivity contribution in [2.24, 2.45) is 5.92 Å². The predicted molar refractivity (Wildman–Crippen MR) is 132 cm³/mol. The van der Waals surface area contributed by atoms with Crippen LogP contribution in [0.2, 0.25) is 10.0 Å². The van der Waals surface area contributed by atoms with Gasteiger partial charge < -0.3 is 19.3 Å². The Kier molecular flexibility index (Phi) is 10.1. The van der Waals surface area contributed by atoms with Gasteiger partial charge in [-0.1, -0.05) is 30.1 Å². The lowest BCUT2D eigenvalue weighted by atomic mass is 10.2. The summed E-state index contributed by atoms with van der Waals surface area (Å²) in [6.45, 7) is 5.66. The molecule has 1 heterocycles. The molecule has 0 bridgehead atoms. The van der Waals surface area contributed by atoms with Crippen LogP contribution in [0.3, 0.4) is 0 Å². The number of ether oxygens (including phenoxy) is 3. The van der Waals surface area contributed by atoms with Gasteiger partial charge in [0.15, 0.2) is 5.75 Å². The lowest BCUT2D eigenvalue weighted by Gasteiger charge is -2.28. The molecule has 188 valence electrons. The maximum atomic E-state index is 13.1. The van der Waals surface area contributed by atoms with E-state index in [0.717, 1.165) is 13.1 Å². The summed E-state index contributed by atoms with van der Waals surface area (Å²) in [6.07, 6.45) is -0.668. The van der Waals surface area contributed by atoms with Crippen molar-refractivity contribution < 1.29 is 27.7 Å². The van der Waals surface area contributed by atoms with Gasteiger partial charge in [-0.15, -0.1) is 11.6 Å². The summed E-state index contributed by atoms with van der Waals surface area (Å²) in [4.78, 5) is 2.12. The van der Waals surface area contributed by atoms with Gasteiger partial charge >= 0.3 is 0 Å². The van der Waals surface area contributed by atoms with Gasteiger partial charge in [-0.2, -0.15) is 0 Å². The number of hydrogen-bond donors (Lipinski definition) is 1. The Balaban J connectivity index is 1.63. The number of halogens is 3. The molecule has 2 aromatic carbocycles. The minimum absolute atomic E-state index is 0.0464. The molecule has 34 heavy (non-hydrogen) atoms. The van der Waals surface area contributed by atoms with E-state index in [4.69, 9.17) is 49.0 Å². The van der Waals surface area contributed by atoms with Crippen LogP contribution in [-0.2, 0) is 14.6 Å². The highest BCUT2D eigenvalue weighted by atomic mass is 35.5. The highest BCUT2D eigenvalue weighted by molar-refractivity contribution is 7.91. The molecule has 0 spiro atoms. The Bertz CT molecular complexity index is 1020. The lowest BCUT2D eigenvalue weighted by Crippen LogP contribution is -2.42. The minimum Gasteiger partial charge on any atom is -0.491 e. The molecule has 1 saturated heterocycles. The quantitative estimate of drug-likeness (QED) is 0.419. The van der Waals surface area contributed by atoms with Gasteiger partial charge in [0.05, 0.1) is 39.7 Å². The monoisotopic (exact) mass is 551 g/mol. The molecule has 7 nitrogen and oxygen atoms in total. The first-order valence-electron chi connectivity index (χ1n) is 10.8. The number of nitrogens with zero attached hydrogens (tertiary/aromatic N) is 1. The molecule has 2 atom stereocenters. The first kappa shape index (κ1) is 27.3. The van der Waals surface area contributed by atoms with Crippen molar-refractivity contribution in [3.05, 3.63) is 46.4 Å². The van der Waals surface area contributed by atoms with Crippen LogP contribution in [0.15, 0.2) is 46.2 Å². The van der Waals surface area contributed by atoms with Crippen molar-refractivity contribution in [1.82, 2.24) is 4.90 Å². The Morgan fingerprint density at radius 3 is 2.24 bits per heavy atom. The number of rotatable bonds is 11. The second-order valence-electron chi connectivity index (χ2n) is 8.14. The fourth-order valence-corrected chi connectivity index (χ4v) is 5.41. The summed E-state index contributed by atoms with van der Waals surface area (Å²) >= 11 is 18.3. The number of alkyl halides is 1. The molecular weight excluding hydrogens is 525 g/mol. The van der Waals surface area contributed by atoms with Gasteiger partial charge in [0, 0.05) is 31.4 Å². The number of β-amino-alcohol motifs (C(OH)–C–C–N with tert-alkyl or cyclic N) is 1. The third-order valence-corrected chi connectivity index (χ3v) is 8.04. The molecular formula is C23H28Cl3NO6S. The fraction of sp³-hybridized carbons (Fsp3) is 0.478. The molecule has 11 heteroatoms. The van der Waals surface area contributed by atoms with Crippen LogP contribution in [0.4, 0.5) is 0 Å². The Labute approximate surface area is 215 Å². The third kappa shape index (κ3) is 7.37. The second kappa shape index (κ2) is 12.6. The first-order chi connectivity index (χ1) is 16.2. The van der Waals surface area contributed by atoms with E-state index in [1.54, 1.807) is 12.1 Å². The predicted octanol–water partition coefficient (Wildman–Crippen LogP) is 4.15. The molecule has 1 aliphatic rings. The van der Waals surface area contributed by atoms with Crippen LogP contribution in [0.5, 0.6) is 11.5 Å². The summed E-state index contributed by atoms with van der Waals surface area (Å²) in [5.41, 5.74) is 0. The lowest BCUT2D eigenvalue weighted by molar-refractivity contribution is 0.00465. The maximum absolute atomic E-state index is 13.1. The SMILES string of the molecule is C[C@H](CCl)COc1c(Cl)cc(S(=O)(=O)c2ccc(OC[C@H](O)CN3CCOCC3)cc2)cc1Cl. The van der Waals surface area contributed by atoms with E-state index in [1.807, 2.05) is 6.92 Å². The Hall–Kier alpha value is -1.26. The zero-order valence-corrected chi connectivity index (χ0v) is 21.8. The molecule has 2 aromatic rings. The van der Waals surface area contributed by atoms with Crippen molar-refractivity contribution in [3.63, 3.8) is 0 Å². The summed E-state index contributed by atoms with van der Waals surface area (Å²) in [7, 11) is -3.87. The normalized spacial score (nSPS) is 16.7. The van der Waals surface area contributed by atoms with Gasteiger partial charge in [-0.3, -0.25) is 4.90 Å². The van der Waals surface area contributed by atoms with Gasteiger partial charge in [-0.25, -0.2) is 8.42 Å². The molecule has 0 amide bonds. The molecule has 0 aliphatic carbocycles. The standard InChI is InChI=1S/C23H28Cl3NO6S/c1-16(12-24)14-33-23-21(25)10-20(11-22(23)26)34(29,30)19-4-2-18(3-5-19)32-15-17(28)13-27-6-8-31-9-7-27/h2-5,10-11,16-17,28H,6-9,12-15H2,1H3/t16-,17-/m1/s1. The van der Waals surface area contributed by atoms with Crippen molar-refractivity contribution in [3.8, 4) is 11.5 Å². The number of aliphatic hydroxyl groups is 1. The van der Waals surface area contributed by atoms with E-state index >= 15 is 0 Å². The van der Waals surface area contributed by atoms with E-state index in [2.05, 4.69) is 4.90 Å². The summed E-state index contributed by atoms with van der Waals surface area (Å²) < 4.78 is 42.7. The van der Waals surface area contributed by atoms with Crippen LogP contribution >= 0.6 is 34.8 Å². The summed E-state index contributed by atoms with van der Waals surface area (Å²) in [5, 5.41) is 10.4. The van der Waals surface area contributed by atoms with Crippen molar-refractivity contribution in [2.75, 3.05) is 51.9 Å². The zero-order valence-electron chi connectivity index (χ0n) is 18.8.